The molecule has 1 unspecified atom stereocenters. The molecule has 0 aliphatic carbocycles. The molecule has 0 amide bonds. The highest BCUT2D eigenvalue weighted by Gasteiger charge is 2.02. The molecule has 0 spiro atoms. The van der Waals surface area contributed by atoms with Gasteiger partial charge in [0.25, 0.3) is 0 Å². The number of H-pyrrole nitrogens is 1. The molecule has 5 heteroatoms. The van der Waals surface area contributed by atoms with Crippen molar-refractivity contribution in [2.75, 3.05) is 13.1 Å². The van der Waals surface area contributed by atoms with E-state index >= 15 is 0 Å². The minimum Gasteiger partial charge on any atom is -0.408 e. The number of rotatable bonds is 6. The van der Waals surface area contributed by atoms with Crippen molar-refractivity contribution < 1.29 is 4.42 Å². The zero-order chi connectivity index (χ0) is 13.0. The Bertz CT molecular complexity index is 557. The Labute approximate surface area is 105 Å². The van der Waals surface area contributed by atoms with Gasteiger partial charge in [0.2, 0.25) is 0 Å². The molecule has 4 N–H and O–H groups in total. The number of aromatic nitrogens is 1. The summed E-state index contributed by atoms with van der Waals surface area (Å²) in [5, 5.41) is 3.34. The van der Waals surface area contributed by atoms with Crippen LogP contribution in [-0.4, -0.2) is 24.1 Å². The van der Waals surface area contributed by atoms with Crippen LogP contribution < -0.4 is 16.8 Å². The third-order valence-corrected chi connectivity index (χ3v) is 2.85. The van der Waals surface area contributed by atoms with E-state index < -0.39 is 5.76 Å². The second-order valence-electron chi connectivity index (χ2n) is 4.61. The minimum atomic E-state index is -0.405. The van der Waals surface area contributed by atoms with E-state index in [1.54, 1.807) is 0 Å². The third kappa shape index (κ3) is 3.45. The summed E-state index contributed by atoms with van der Waals surface area (Å²) in [4.78, 5) is 13.6. The van der Waals surface area contributed by atoms with Crippen LogP contribution in [0.2, 0.25) is 0 Å². The van der Waals surface area contributed by atoms with E-state index in [2.05, 4.69) is 10.3 Å². The van der Waals surface area contributed by atoms with Gasteiger partial charge in [-0.05, 0) is 50.6 Å². The summed E-state index contributed by atoms with van der Waals surface area (Å²) in [7, 11) is 0. The molecule has 2 aromatic rings. The predicted octanol–water partition coefficient (Wildman–Crippen LogP) is 0.990. The van der Waals surface area contributed by atoms with Crippen molar-refractivity contribution >= 4 is 11.1 Å². The van der Waals surface area contributed by atoms with Crippen LogP contribution in [0.1, 0.15) is 18.9 Å². The molecule has 1 atom stereocenters. The Balaban J connectivity index is 1.86. The summed E-state index contributed by atoms with van der Waals surface area (Å²) in [6, 6.07) is 6.02. The molecule has 0 radical (unpaired) electrons. The van der Waals surface area contributed by atoms with Crippen molar-refractivity contribution in [3.05, 3.63) is 34.3 Å². The average molecular weight is 249 g/mol. The molecular formula is C13H19N3O2. The second kappa shape index (κ2) is 5.84. The van der Waals surface area contributed by atoms with Crippen LogP contribution in [0.4, 0.5) is 0 Å². The number of oxazole rings is 1. The van der Waals surface area contributed by atoms with Crippen LogP contribution in [0.25, 0.3) is 11.1 Å². The lowest BCUT2D eigenvalue weighted by Crippen LogP contribution is -2.25. The lowest BCUT2D eigenvalue weighted by molar-refractivity contribution is 0.554. The van der Waals surface area contributed by atoms with Crippen LogP contribution >= 0.6 is 0 Å². The van der Waals surface area contributed by atoms with Gasteiger partial charge in [-0.25, -0.2) is 4.79 Å². The molecular weight excluding hydrogens is 230 g/mol. The molecule has 0 aliphatic rings. The van der Waals surface area contributed by atoms with E-state index in [0.29, 0.717) is 5.58 Å². The smallest absolute Gasteiger partial charge is 0.408 e. The summed E-state index contributed by atoms with van der Waals surface area (Å²) in [5.74, 6) is -0.405. The Morgan fingerprint density at radius 1 is 1.44 bits per heavy atom. The number of nitrogens with two attached hydrogens (primary N) is 1. The summed E-state index contributed by atoms with van der Waals surface area (Å²) in [6.45, 7) is 3.83. The molecule has 1 aromatic heterocycles. The van der Waals surface area contributed by atoms with E-state index in [-0.39, 0.29) is 6.04 Å². The van der Waals surface area contributed by atoms with E-state index in [4.69, 9.17) is 10.2 Å². The Hall–Kier alpha value is -1.59. The van der Waals surface area contributed by atoms with Gasteiger partial charge in [-0.3, -0.25) is 4.98 Å². The molecule has 5 nitrogen and oxygen atoms in total. The van der Waals surface area contributed by atoms with Crippen molar-refractivity contribution in [1.29, 1.82) is 0 Å². The quantitative estimate of drug-likeness (QED) is 0.667. The first kappa shape index (κ1) is 12.9. The van der Waals surface area contributed by atoms with E-state index in [0.717, 1.165) is 37.0 Å². The molecule has 0 saturated heterocycles. The number of benzene rings is 1. The number of hydrogen-bond acceptors (Lipinski definition) is 4. The first-order valence-corrected chi connectivity index (χ1v) is 6.23. The van der Waals surface area contributed by atoms with Crippen LogP contribution in [0.15, 0.2) is 27.4 Å². The van der Waals surface area contributed by atoms with Gasteiger partial charge < -0.3 is 15.5 Å². The number of aromatic amines is 1. The third-order valence-electron chi connectivity index (χ3n) is 2.85. The van der Waals surface area contributed by atoms with Crippen LogP contribution in [-0.2, 0) is 6.42 Å². The van der Waals surface area contributed by atoms with E-state index in [1.165, 1.54) is 0 Å². The standard InChI is InChI=1S/C13H19N3O2/c1-9(14)4-6-15-7-5-10-2-3-11-12(8-10)18-13(17)16-11/h2-3,8-9,15H,4-7,14H2,1H3,(H,16,17). The molecule has 0 fully saturated rings. The fourth-order valence-electron chi connectivity index (χ4n) is 1.83. The van der Waals surface area contributed by atoms with Crippen LogP contribution in [0.5, 0.6) is 0 Å². The zero-order valence-electron chi connectivity index (χ0n) is 10.5. The average Bonchev–Trinajstić information content (AvgIpc) is 2.67. The summed E-state index contributed by atoms with van der Waals surface area (Å²) >= 11 is 0. The molecule has 18 heavy (non-hydrogen) atoms. The highest BCUT2D eigenvalue weighted by Crippen LogP contribution is 2.12. The fraction of sp³-hybridized carbons (Fsp3) is 0.462. The van der Waals surface area contributed by atoms with Gasteiger partial charge in [-0.15, -0.1) is 0 Å². The normalized spacial score (nSPS) is 13.0. The van der Waals surface area contributed by atoms with Crippen LogP contribution in [0, 0.1) is 0 Å². The topological polar surface area (TPSA) is 84.0 Å². The van der Waals surface area contributed by atoms with Crippen molar-refractivity contribution in [3.8, 4) is 0 Å². The van der Waals surface area contributed by atoms with Crippen molar-refractivity contribution in [2.45, 2.75) is 25.8 Å². The van der Waals surface area contributed by atoms with Gasteiger partial charge in [0, 0.05) is 6.04 Å². The monoisotopic (exact) mass is 249 g/mol. The molecule has 0 saturated carbocycles. The summed E-state index contributed by atoms with van der Waals surface area (Å²) in [5.41, 5.74) is 8.18. The SMILES string of the molecule is CC(N)CCNCCc1ccc2[nH]c(=O)oc2c1. The first-order valence-electron chi connectivity index (χ1n) is 6.23. The lowest BCUT2D eigenvalue weighted by Gasteiger charge is -2.06. The zero-order valence-corrected chi connectivity index (χ0v) is 10.5. The number of nitrogens with one attached hydrogen (secondary N) is 2. The highest BCUT2D eigenvalue weighted by atomic mass is 16.4. The maximum atomic E-state index is 11.0. The largest absolute Gasteiger partial charge is 0.417 e. The van der Waals surface area contributed by atoms with E-state index in [9.17, 15) is 4.79 Å². The number of fused-ring (bicyclic) bond motifs is 1. The Morgan fingerprint density at radius 3 is 3.06 bits per heavy atom. The second-order valence-corrected chi connectivity index (χ2v) is 4.61. The molecule has 98 valence electrons. The highest BCUT2D eigenvalue weighted by molar-refractivity contribution is 5.72. The molecule has 0 bridgehead atoms. The van der Waals surface area contributed by atoms with Crippen molar-refractivity contribution in [3.63, 3.8) is 0 Å². The maximum Gasteiger partial charge on any atom is 0.417 e. The van der Waals surface area contributed by atoms with E-state index in [1.807, 2.05) is 25.1 Å². The molecule has 1 heterocycles. The van der Waals surface area contributed by atoms with Gasteiger partial charge in [-0.1, -0.05) is 6.07 Å². The van der Waals surface area contributed by atoms with Gasteiger partial charge in [-0.2, -0.15) is 0 Å². The Morgan fingerprint density at radius 2 is 2.28 bits per heavy atom. The lowest BCUT2D eigenvalue weighted by atomic mass is 10.1. The molecule has 2 rings (SSSR count). The van der Waals surface area contributed by atoms with Crippen molar-refractivity contribution in [2.24, 2.45) is 5.73 Å². The first-order chi connectivity index (χ1) is 8.65. The van der Waals surface area contributed by atoms with Crippen molar-refractivity contribution in [1.82, 2.24) is 10.3 Å². The van der Waals surface area contributed by atoms with Gasteiger partial charge >= 0.3 is 5.76 Å². The van der Waals surface area contributed by atoms with Gasteiger partial charge in [0.1, 0.15) is 0 Å². The maximum absolute atomic E-state index is 11.0. The fourth-order valence-corrected chi connectivity index (χ4v) is 1.83. The summed E-state index contributed by atoms with van der Waals surface area (Å²) in [6.07, 6.45) is 1.88. The van der Waals surface area contributed by atoms with Crippen LogP contribution in [0.3, 0.4) is 0 Å². The molecule has 1 aromatic carbocycles. The van der Waals surface area contributed by atoms with Gasteiger partial charge in [0.05, 0.1) is 5.52 Å². The predicted molar refractivity (Wildman–Crippen MR) is 71.7 cm³/mol. The minimum absolute atomic E-state index is 0.239. The number of hydrogen-bond donors (Lipinski definition) is 3. The van der Waals surface area contributed by atoms with Gasteiger partial charge in [0.15, 0.2) is 5.58 Å². The summed E-state index contributed by atoms with van der Waals surface area (Å²) < 4.78 is 5.02. The molecule has 0 aliphatic heterocycles. The Kier molecular flexibility index (Phi) is 4.17.